The number of nitrogens with zero attached hydrogens (tertiary/aromatic N) is 3. The van der Waals surface area contributed by atoms with E-state index < -0.39 is 0 Å². The topological polar surface area (TPSA) is 101 Å². The maximum absolute atomic E-state index is 12.5. The molecule has 0 saturated carbocycles. The van der Waals surface area contributed by atoms with Gasteiger partial charge in [-0.2, -0.15) is 0 Å². The number of nitrogens with two attached hydrogens (primary N) is 1. The van der Waals surface area contributed by atoms with Crippen LogP contribution in [0.4, 0.5) is 0 Å². The van der Waals surface area contributed by atoms with Crippen LogP contribution in [0.2, 0.25) is 0 Å². The molecular weight excluding hydrogens is 414 g/mol. The zero-order valence-electron chi connectivity index (χ0n) is 15.5. The first-order valence-electron chi connectivity index (χ1n) is 8.97. The smallest absolute Gasteiger partial charge is 0.233 e. The summed E-state index contributed by atoms with van der Waals surface area (Å²) in [5, 5.41) is 11.0. The highest BCUT2D eigenvalue weighted by Gasteiger charge is 2.26. The number of hydrogen-bond acceptors (Lipinski definition) is 8. The van der Waals surface area contributed by atoms with Gasteiger partial charge in [0.05, 0.1) is 11.0 Å². The maximum atomic E-state index is 12.5. The minimum Gasteiger partial charge on any atom is -0.369 e. The predicted octanol–water partition coefficient (Wildman–Crippen LogP) is 1.99. The van der Waals surface area contributed by atoms with Crippen molar-refractivity contribution in [2.45, 2.75) is 39.9 Å². The monoisotopic (exact) mass is 437 g/mol. The van der Waals surface area contributed by atoms with Gasteiger partial charge in [-0.25, -0.2) is 0 Å². The molecule has 1 aromatic heterocycles. The quantitative estimate of drug-likeness (QED) is 0.579. The van der Waals surface area contributed by atoms with E-state index in [2.05, 4.69) is 44.7 Å². The molecule has 2 atom stereocenters. The molecular formula is C18H23N5O2S3. The first kappa shape index (κ1) is 21.1. The number of rotatable bonds is 9. The lowest BCUT2D eigenvalue weighted by Crippen LogP contribution is -2.40. The Morgan fingerprint density at radius 3 is 2.82 bits per heavy atom. The number of likely N-dealkylation sites (tertiary alicyclic amines) is 1. The van der Waals surface area contributed by atoms with Crippen molar-refractivity contribution in [2.75, 3.05) is 18.8 Å². The molecule has 0 bridgehead atoms. The van der Waals surface area contributed by atoms with Crippen molar-refractivity contribution in [3.63, 3.8) is 0 Å². The molecule has 150 valence electrons. The number of carbonyl (C=O) groups excluding carboxylic acids is 2. The SMILES string of the molecule is C[C@@H](Sc1nnc(SCC(N)=O)s1)C(=O)N[C@H]1CCN(Cc2ccccc2)C1. The normalized spacial score (nSPS) is 18.1. The summed E-state index contributed by atoms with van der Waals surface area (Å²) >= 11 is 4.02. The fourth-order valence-electron chi connectivity index (χ4n) is 2.89. The number of benzene rings is 1. The molecule has 3 N–H and O–H groups in total. The van der Waals surface area contributed by atoms with Gasteiger partial charge in [-0.1, -0.05) is 65.2 Å². The second-order valence-electron chi connectivity index (χ2n) is 6.56. The van der Waals surface area contributed by atoms with Gasteiger partial charge in [-0.3, -0.25) is 14.5 Å². The lowest BCUT2D eigenvalue weighted by Gasteiger charge is -2.18. The summed E-state index contributed by atoms with van der Waals surface area (Å²) in [4.78, 5) is 25.7. The van der Waals surface area contributed by atoms with Crippen molar-refractivity contribution in [3.05, 3.63) is 35.9 Å². The van der Waals surface area contributed by atoms with E-state index in [0.717, 1.165) is 26.1 Å². The van der Waals surface area contributed by atoms with Crippen LogP contribution in [0.15, 0.2) is 39.0 Å². The maximum Gasteiger partial charge on any atom is 0.233 e. The third-order valence-corrected chi connectivity index (χ3v) is 7.50. The minimum absolute atomic E-state index is 0.0121. The van der Waals surface area contributed by atoms with Crippen LogP contribution < -0.4 is 11.1 Å². The average molecular weight is 438 g/mol. The zero-order chi connectivity index (χ0) is 19.9. The molecule has 0 aliphatic carbocycles. The molecule has 0 radical (unpaired) electrons. The Hall–Kier alpha value is -1.62. The summed E-state index contributed by atoms with van der Waals surface area (Å²) in [6.45, 7) is 4.63. The van der Waals surface area contributed by atoms with Gasteiger partial charge in [0.15, 0.2) is 8.68 Å². The summed E-state index contributed by atoms with van der Waals surface area (Å²) in [5.41, 5.74) is 6.42. The summed E-state index contributed by atoms with van der Waals surface area (Å²) < 4.78 is 1.40. The summed E-state index contributed by atoms with van der Waals surface area (Å²) in [6, 6.07) is 10.6. The Labute approximate surface area is 176 Å². The highest BCUT2D eigenvalue weighted by atomic mass is 32.2. The standard InChI is InChI=1S/C18H23N5O2S3/c1-12(27-18-22-21-17(28-18)26-11-15(19)24)16(25)20-14-7-8-23(10-14)9-13-5-3-2-4-6-13/h2-6,12,14H,7-11H2,1H3,(H2,19,24)(H,20,25)/t12-,14+/m1/s1. The highest BCUT2D eigenvalue weighted by Crippen LogP contribution is 2.31. The van der Waals surface area contributed by atoms with Gasteiger partial charge in [-0.05, 0) is 18.9 Å². The van der Waals surface area contributed by atoms with Crippen molar-refractivity contribution in [1.82, 2.24) is 20.4 Å². The van der Waals surface area contributed by atoms with Gasteiger partial charge in [-0.15, -0.1) is 10.2 Å². The molecule has 1 aliphatic rings. The van der Waals surface area contributed by atoms with E-state index in [1.54, 1.807) is 0 Å². The number of nitrogens with one attached hydrogen (secondary N) is 1. The summed E-state index contributed by atoms with van der Waals surface area (Å²) in [5.74, 6) is -0.200. The molecule has 1 aromatic carbocycles. The molecule has 3 rings (SSSR count). The number of primary amides is 1. The molecule has 7 nitrogen and oxygen atoms in total. The van der Waals surface area contributed by atoms with Gasteiger partial charge in [0.25, 0.3) is 0 Å². The molecule has 2 aromatic rings. The summed E-state index contributed by atoms with van der Waals surface area (Å²) in [6.07, 6.45) is 0.961. The molecule has 1 saturated heterocycles. The van der Waals surface area contributed by atoms with Crippen molar-refractivity contribution in [1.29, 1.82) is 0 Å². The van der Waals surface area contributed by atoms with Gasteiger partial charge < -0.3 is 11.1 Å². The Bertz CT molecular complexity index is 802. The number of amides is 2. The van der Waals surface area contributed by atoms with Crippen LogP contribution >= 0.6 is 34.9 Å². The molecule has 1 aliphatic heterocycles. The average Bonchev–Trinajstić information content (AvgIpc) is 3.30. The Morgan fingerprint density at radius 1 is 1.32 bits per heavy atom. The van der Waals surface area contributed by atoms with Crippen LogP contribution in [-0.4, -0.2) is 57.0 Å². The van der Waals surface area contributed by atoms with Gasteiger partial charge >= 0.3 is 0 Å². The van der Waals surface area contributed by atoms with Crippen LogP contribution in [-0.2, 0) is 16.1 Å². The van der Waals surface area contributed by atoms with Gasteiger partial charge in [0.1, 0.15) is 0 Å². The van der Waals surface area contributed by atoms with Crippen molar-refractivity contribution < 1.29 is 9.59 Å². The number of thioether (sulfide) groups is 2. The fourth-order valence-corrected chi connectivity index (χ4v) is 5.81. The van der Waals surface area contributed by atoms with Crippen molar-refractivity contribution in [2.24, 2.45) is 5.73 Å². The van der Waals surface area contributed by atoms with E-state index in [0.29, 0.717) is 8.68 Å². The first-order chi connectivity index (χ1) is 13.5. The van der Waals surface area contributed by atoms with Gasteiger partial charge in [0, 0.05) is 25.7 Å². The molecule has 1 fully saturated rings. The lowest BCUT2D eigenvalue weighted by atomic mass is 10.2. The van der Waals surface area contributed by atoms with Gasteiger partial charge in [0.2, 0.25) is 11.8 Å². The van der Waals surface area contributed by atoms with E-state index in [1.807, 2.05) is 13.0 Å². The molecule has 2 heterocycles. The van der Waals surface area contributed by atoms with Crippen molar-refractivity contribution in [3.8, 4) is 0 Å². The molecule has 2 amide bonds. The van der Waals surface area contributed by atoms with Crippen molar-refractivity contribution >= 4 is 46.7 Å². The molecule has 0 spiro atoms. The van der Waals surface area contributed by atoms with E-state index in [-0.39, 0.29) is 28.9 Å². The van der Waals surface area contributed by atoms with E-state index in [1.165, 1.54) is 40.4 Å². The van der Waals surface area contributed by atoms with E-state index >= 15 is 0 Å². The first-order valence-corrected chi connectivity index (χ1v) is 11.7. The third-order valence-electron chi connectivity index (χ3n) is 4.24. The Kier molecular flexibility index (Phi) is 7.72. The second-order valence-corrected chi connectivity index (χ2v) is 10.4. The third kappa shape index (κ3) is 6.47. The van der Waals surface area contributed by atoms with Crippen LogP contribution in [0.1, 0.15) is 18.9 Å². The fraction of sp³-hybridized carbons (Fsp3) is 0.444. The van der Waals surface area contributed by atoms with Crippen LogP contribution in [0.5, 0.6) is 0 Å². The van der Waals surface area contributed by atoms with Crippen LogP contribution in [0.3, 0.4) is 0 Å². The Morgan fingerprint density at radius 2 is 2.07 bits per heavy atom. The zero-order valence-corrected chi connectivity index (χ0v) is 18.0. The molecule has 10 heteroatoms. The highest BCUT2D eigenvalue weighted by molar-refractivity contribution is 8.04. The van der Waals surface area contributed by atoms with E-state index in [4.69, 9.17) is 5.73 Å². The lowest BCUT2D eigenvalue weighted by molar-refractivity contribution is -0.121. The number of hydrogen-bond donors (Lipinski definition) is 2. The van der Waals surface area contributed by atoms with Crippen LogP contribution in [0.25, 0.3) is 0 Å². The van der Waals surface area contributed by atoms with Crippen LogP contribution in [0, 0.1) is 0 Å². The minimum atomic E-state index is -0.389. The number of carbonyl (C=O) groups is 2. The molecule has 0 unspecified atom stereocenters. The predicted molar refractivity (Wildman–Crippen MR) is 113 cm³/mol. The molecule has 28 heavy (non-hydrogen) atoms. The Balaban J connectivity index is 1.42. The number of aromatic nitrogens is 2. The summed E-state index contributed by atoms with van der Waals surface area (Å²) in [7, 11) is 0. The largest absolute Gasteiger partial charge is 0.369 e. The second kappa shape index (κ2) is 10.2. The van der Waals surface area contributed by atoms with E-state index in [9.17, 15) is 9.59 Å².